The van der Waals surface area contributed by atoms with Crippen molar-refractivity contribution in [3.63, 3.8) is 0 Å². The van der Waals surface area contributed by atoms with Crippen LogP contribution in [0.3, 0.4) is 0 Å². The van der Waals surface area contributed by atoms with Crippen molar-refractivity contribution in [2.24, 2.45) is 0 Å². The zero-order valence-electron chi connectivity index (χ0n) is 13.4. The molecule has 0 aromatic carbocycles. The van der Waals surface area contributed by atoms with Gasteiger partial charge in [-0.2, -0.15) is 0 Å². The number of carbonyl (C=O) groups is 2. The van der Waals surface area contributed by atoms with Gasteiger partial charge in [-0.1, -0.05) is 0 Å². The maximum Gasteiger partial charge on any atom is 0.341 e. The molecule has 1 N–H and O–H groups in total. The molecule has 0 aliphatic carbocycles. The predicted molar refractivity (Wildman–Crippen MR) is 87.7 cm³/mol. The van der Waals surface area contributed by atoms with Crippen LogP contribution < -0.4 is 5.32 Å². The van der Waals surface area contributed by atoms with Gasteiger partial charge in [-0.15, -0.1) is 0 Å². The highest BCUT2D eigenvalue weighted by molar-refractivity contribution is 6.03. The van der Waals surface area contributed by atoms with Crippen molar-refractivity contribution >= 4 is 28.7 Å². The molecule has 0 spiro atoms. The van der Waals surface area contributed by atoms with Gasteiger partial charge in [0, 0.05) is 18.2 Å². The molecule has 0 bridgehead atoms. The van der Waals surface area contributed by atoms with Gasteiger partial charge in [0.15, 0.2) is 5.65 Å². The summed E-state index contributed by atoms with van der Waals surface area (Å²) in [4.78, 5) is 33.1. The molecule has 1 fully saturated rings. The lowest BCUT2D eigenvalue weighted by atomic mass is 10.1. The van der Waals surface area contributed by atoms with Crippen LogP contribution in [-0.4, -0.2) is 41.2 Å². The number of nitrogens with one attached hydrogen (secondary N) is 1. The summed E-state index contributed by atoms with van der Waals surface area (Å²) in [6, 6.07) is 5.19. The number of aromatic nitrogens is 2. The molecule has 0 radical (unpaired) electrons. The second kappa shape index (κ2) is 7.35. The van der Waals surface area contributed by atoms with Crippen molar-refractivity contribution in [1.82, 2.24) is 9.97 Å². The van der Waals surface area contributed by atoms with Gasteiger partial charge in [-0.05, 0) is 44.4 Å². The molecule has 0 saturated carbocycles. The molecule has 2 aromatic heterocycles. The number of fused-ring (bicyclic) bond motifs is 1. The normalized spacial score (nSPS) is 17.5. The summed E-state index contributed by atoms with van der Waals surface area (Å²) in [5, 5.41) is 3.40. The zero-order chi connectivity index (χ0) is 16.9. The van der Waals surface area contributed by atoms with Crippen molar-refractivity contribution in [2.45, 2.75) is 32.3 Å². The first-order valence-electron chi connectivity index (χ1n) is 8.04. The van der Waals surface area contributed by atoms with Crippen LogP contribution in [0.2, 0.25) is 0 Å². The lowest BCUT2D eigenvalue weighted by molar-refractivity contribution is -0.130. The van der Waals surface area contributed by atoms with Crippen LogP contribution in [0.25, 0.3) is 11.0 Å². The molecule has 3 rings (SSSR count). The monoisotopic (exact) mass is 329 g/mol. The van der Waals surface area contributed by atoms with Crippen molar-refractivity contribution < 1.29 is 19.1 Å². The van der Waals surface area contributed by atoms with Crippen LogP contribution in [0.15, 0.2) is 24.4 Å². The second-order valence-corrected chi connectivity index (χ2v) is 5.50. The fraction of sp³-hybridized carbons (Fsp3) is 0.412. The Morgan fingerprint density at radius 1 is 1.42 bits per heavy atom. The summed E-state index contributed by atoms with van der Waals surface area (Å²) in [5.41, 5.74) is 0.659. The van der Waals surface area contributed by atoms with E-state index in [2.05, 4.69) is 15.3 Å². The van der Waals surface area contributed by atoms with Crippen molar-refractivity contribution in [3.8, 4) is 0 Å². The van der Waals surface area contributed by atoms with E-state index in [1.54, 1.807) is 31.3 Å². The van der Waals surface area contributed by atoms with Gasteiger partial charge in [0.2, 0.25) is 0 Å². The Bertz CT molecular complexity index is 757. The molecule has 1 amide bonds. The SMILES string of the molecule is CCOC(=O)c1cc2cccnc2nc1NC(=O)C1CCCCO1. The molecule has 2 aromatic rings. The Morgan fingerprint density at radius 3 is 3.04 bits per heavy atom. The number of esters is 1. The van der Waals surface area contributed by atoms with Crippen LogP contribution in [0.5, 0.6) is 0 Å². The van der Waals surface area contributed by atoms with E-state index in [0.717, 1.165) is 12.8 Å². The van der Waals surface area contributed by atoms with E-state index in [1.807, 2.05) is 0 Å². The van der Waals surface area contributed by atoms with Crippen LogP contribution >= 0.6 is 0 Å². The molecule has 1 aliphatic heterocycles. The Labute approximate surface area is 139 Å². The maximum atomic E-state index is 12.4. The van der Waals surface area contributed by atoms with Crippen LogP contribution in [0.1, 0.15) is 36.5 Å². The average molecular weight is 329 g/mol. The number of amides is 1. The summed E-state index contributed by atoms with van der Waals surface area (Å²) in [6.45, 7) is 2.53. The fourth-order valence-electron chi connectivity index (χ4n) is 2.61. The van der Waals surface area contributed by atoms with E-state index in [4.69, 9.17) is 9.47 Å². The number of hydrogen-bond acceptors (Lipinski definition) is 6. The average Bonchev–Trinajstić information content (AvgIpc) is 2.62. The van der Waals surface area contributed by atoms with Crippen molar-refractivity contribution in [2.75, 3.05) is 18.5 Å². The molecule has 1 saturated heterocycles. The molecule has 126 valence electrons. The lowest BCUT2D eigenvalue weighted by Gasteiger charge is -2.22. The van der Waals surface area contributed by atoms with Gasteiger partial charge < -0.3 is 14.8 Å². The van der Waals surface area contributed by atoms with Gasteiger partial charge in [0.25, 0.3) is 5.91 Å². The summed E-state index contributed by atoms with van der Waals surface area (Å²) >= 11 is 0. The number of carbonyl (C=O) groups excluding carboxylic acids is 2. The number of hydrogen-bond donors (Lipinski definition) is 1. The summed E-state index contributed by atoms with van der Waals surface area (Å²) in [7, 11) is 0. The molecular formula is C17H19N3O4. The molecule has 7 nitrogen and oxygen atoms in total. The number of anilines is 1. The van der Waals surface area contributed by atoms with E-state index in [9.17, 15) is 9.59 Å². The van der Waals surface area contributed by atoms with Gasteiger partial charge in [0.05, 0.1) is 6.61 Å². The number of rotatable bonds is 4. The number of nitrogens with zero attached hydrogens (tertiary/aromatic N) is 2. The number of pyridine rings is 2. The Morgan fingerprint density at radius 2 is 2.29 bits per heavy atom. The highest BCUT2D eigenvalue weighted by Crippen LogP contribution is 2.22. The molecule has 3 heterocycles. The van der Waals surface area contributed by atoms with Gasteiger partial charge in [0.1, 0.15) is 17.5 Å². The lowest BCUT2D eigenvalue weighted by Crippen LogP contribution is -2.34. The fourth-order valence-corrected chi connectivity index (χ4v) is 2.61. The first kappa shape index (κ1) is 16.3. The predicted octanol–water partition coefficient (Wildman–Crippen LogP) is 2.31. The maximum absolute atomic E-state index is 12.4. The highest BCUT2D eigenvalue weighted by Gasteiger charge is 2.25. The van der Waals surface area contributed by atoms with E-state index >= 15 is 0 Å². The smallest absolute Gasteiger partial charge is 0.341 e. The Balaban J connectivity index is 1.92. The largest absolute Gasteiger partial charge is 0.462 e. The summed E-state index contributed by atoms with van der Waals surface area (Å²) < 4.78 is 10.5. The van der Waals surface area contributed by atoms with E-state index < -0.39 is 12.1 Å². The Hall–Kier alpha value is -2.54. The minimum absolute atomic E-state index is 0.152. The molecule has 1 aliphatic rings. The first-order valence-corrected chi connectivity index (χ1v) is 8.04. The minimum atomic E-state index is -0.532. The van der Waals surface area contributed by atoms with Gasteiger partial charge >= 0.3 is 5.97 Å². The Kier molecular flexibility index (Phi) is 5.00. The molecule has 1 atom stereocenters. The van der Waals surface area contributed by atoms with Crippen LogP contribution in [0, 0.1) is 0 Å². The standard InChI is InChI=1S/C17H19N3O4/c1-2-23-17(22)12-10-11-6-5-8-18-14(11)19-15(12)20-16(21)13-7-3-4-9-24-13/h5-6,8,10,13H,2-4,7,9H2,1H3,(H,18,19,20,21). The molecule has 1 unspecified atom stereocenters. The van der Waals surface area contributed by atoms with E-state index in [0.29, 0.717) is 24.1 Å². The third-order valence-corrected chi connectivity index (χ3v) is 3.80. The van der Waals surface area contributed by atoms with Gasteiger partial charge in [-0.3, -0.25) is 4.79 Å². The van der Waals surface area contributed by atoms with Crippen molar-refractivity contribution in [3.05, 3.63) is 30.0 Å². The molecule has 7 heteroatoms. The minimum Gasteiger partial charge on any atom is -0.462 e. The van der Waals surface area contributed by atoms with Crippen molar-refractivity contribution in [1.29, 1.82) is 0 Å². The zero-order valence-corrected chi connectivity index (χ0v) is 13.4. The molecular weight excluding hydrogens is 310 g/mol. The third-order valence-electron chi connectivity index (χ3n) is 3.80. The van der Waals surface area contributed by atoms with Crippen LogP contribution in [-0.2, 0) is 14.3 Å². The van der Waals surface area contributed by atoms with Crippen LogP contribution in [0.4, 0.5) is 5.82 Å². The third kappa shape index (κ3) is 3.51. The first-order chi connectivity index (χ1) is 11.7. The summed E-state index contributed by atoms with van der Waals surface area (Å²) in [5.74, 6) is -0.683. The highest BCUT2D eigenvalue weighted by atomic mass is 16.5. The quantitative estimate of drug-likeness (QED) is 0.866. The van der Waals surface area contributed by atoms with E-state index in [1.165, 1.54) is 0 Å². The molecule has 24 heavy (non-hydrogen) atoms. The number of ether oxygens (including phenoxy) is 2. The second-order valence-electron chi connectivity index (χ2n) is 5.50. The van der Waals surface area contributed by atoms with Gasteiger partial charge in [-0.25, -0.2) is 14.8 Å². The summed E-state index contributed by atoms with van der Waals surface area (Å²) in [6.07, 6.45) is 3.64. The van der Waals surface area contributed by atoms with E-state index in [-0.39, 0.29) is 23.9 Å². The topological polar surface area (TPSA) is 90.4 Å².